The smallest absolute Gasteiger partial charge is 0.262 e. The Morgan fingerprint density at radius 3 is 2.57 bits per heavy atom. The lowest BCUT2D eigenvalue weighted by Gasteiger charge is -2.12. The minimum Gasteiger partial charge on any atom is -0.279 e. The molecule has 3 rings (SSSR count). The standard InChI is InChI=1S/C16H14N2O2S/c1-12-6-2-3-8-14(12)18-21(19,20)16-10-4-9-15-13(16)7-5-11-17-15/h2-11,18H,1H3. The second kappa shape index (κ2) is 5.18. The quantitative estimate of drug-likeness (QED) is 0.806. The SMILES string of the molecule is Cc1ccccc1NS(=O)(=O)c1cccc2ncccc12. The molecule has 4 nitrogen and oxygen atoms in total. The number of anilines is 1. The van der Waals surface area contributed by atoms with E-state index in [0.717, 1.165) is 5.56 Å². The molecule has 0 spiro atoms. The van der Waals surface area contributed by atoms with E-state index in [2.05, 4.69) is 9.71 Å². The van der Waals surface area contributed by atoms with Crippen LogP contribution in [0.1, 0.15) is 5.56 Å². The second-order valence-corrected chi connectivity index (χ2v) is 6.40. The fraction of sp³-hybridized carbons (Fsp3) is 0.0625. The Kier molecular flexibility index (Phi) is 3.35. The van der Waals surface area contributed by atoms with Crippen molar-refractivity contribution in [3.8, 4) is 0 Å². The van der Waals surface area contributed by atoms with Crippen molar-refractivity contribution in [3.05, 3.63) is 66.4 Å². The zero-order valence-corrected chi connectivity index (χ0v) is 12.3. The normalized spacial score (nSPS) is 11.5. The molecule has 0 saturated carbocycles. The minimum atomic E-state index is -3.65. The molecule has 106 valence electrons. The lowest BCUT2D eigenvalue weighted by Crippen LogP contribution is -2.14. The third-order valence-electron chi connectivity index (χ3n) is 3.28. The predicted molar refractivity (Wildman–Crippen MR) is 83.7 cm³/mol. The van der Waals surface area contributed by atoms with Gasteiger partial charge in [-0.15, -0.1) is 0 Å². The molecule has 0 fully saturated rings. The number of fused-ring (bicyclic) bond motifs is 1. The summed E-state index contributed by atoms with van der Waals surface area (Å²) >= 11 is 0. The Labute approximate surface area is 123 Å². The highest BCUT2D eigenvalue weighted by Gasteiger charge is 2.18. The summed E-state index contributed by atoms with van der Waals surface area (Å²) in [5.74, 6) is 0. The van der Waals surface area contributed by atoms with Gasteiger partial charge in [-0.2, -0.15) is 0 Å². The van der Waals surface area contributed by atoms with Crippen molar-refractivity contribution in [1.29, 1.82) is 0 Å². The Morgan fingerprint density at radius 1 is 0.952 bits per heavy atom. The molecule has 0 saturated heterocycles. The predicted octanol–water partition coefficient (Wildman–Crippen LogP) is 3.34. The van der Waals surface area contributed by atoms with Crippen molar-refractivity contribution in [2.45, 2.75) is 11.8 Å². The van der Waals surface area contributed by atoms with Crippen LogP contribution in [0.25, 0.3) is 10.9 Å². The van der Waals surface area contributed by atoms with Gasteiger partial charge in [0.1, 0.15) is 0 Å². The van der Waals surface area contributed by atoms with Crippen molar-refractivity contribution in [2.75, 3.05) is 4.72 Å². The number of pyridine rings is 1. The van der Waals surface area contributed by atoms with Gasteiger partial charge < -0.3 is 0 Å². The van der Waals surface area contributed by atoms with Crippen LogP contribution in [0.4, 0.5) is 5.69 Å². The summed E-state index contributed by atoms with van der Waals surface area (Å²) in [7, 11) is -3.65. The Bertz CT molecular complexity index is 900. The van der Waals surface area contributed by atoms with Crippen LogP contribution in [0, 0.1) is 6.92 Å². The van der Waals surface area contributed by atoms with Gasteiger partial charge in [0, 0.05) is 11.6 Å². The number of nitrogens with zero attached hydrogens (tertiary/aromatic N) is 1. The number of aromatic nitrogens is 1. The maximum Gasteiger partial charge on any atom is 0.262 e. The van der Waals surface area contributed by atoms with E-state index in [0.29, 0.717) is 16.6 Å². The van der Waals surface area contributed by atoms with Crippen LogP contribution < -0.4 is 4.72 Å². The molecule has 0 bridgehead atoms. The van der Waals surface area contributed by atoms with Crippen LogP contribution >= 0.6 is 0 Å². The first-order chi connectivity index (χ1) is 10.1. The van der Waals surface area contributed by atoms with E-state index < -0.39 is 10.0 Å². The monoisotopic (exact) mass is 298 g/mol. The topological polar surface area (TPSA) is 59.1 Å². The Morgan fingerprint density at radius 2 is 1.76 bits per heavy atom. The highest BCUT2D eigenvalue weighted by Crippen LogP contribution is 2.24. The van der Waals surface area contributed by atoms with Gasteiger partial charge in [0.05, 0.1) is 16.1 Å². The lowest BCUT2D eigenvalue weighted by atomic mass is 10.2. The average molecular weight is 298 g/mol. The van der Waals surface area contributed by atoms with Crippen LogP contribution in [0.2, 0.25) is 0 Å². The first kappa shape index (κ1) is 13.6. The van der Waals surface area contributed by atoms with Crippen LogP contribution in [-0.4, -0.2) is 13.4 Å². The van der Waals surface area contributed by atoms with Crippen molar-refractivity contribution < 1.29 is 8.42 Å². The van der Waals surface area contributed by atoms with E-state index >= 15 is 0 Å². The minimum absolute atomic E-state index is 0.233. The molecule has 1 aromatic heterocycles. The van der Waals surface area contributed by atoms with Crippen molar-refractivity contribution in [1.82, 2.24) is 4.98 Å². The van der Waals surface area contributed by atoms with Gasteiger partial charge in [-0.3, -0.25) is 9.71 Å². The summed E-state index contributed by atoms with van der Waals surface area (Å²) in [6, 6.07) is 15.8. The lowest BCUT2D eigenvalue weighted by molar-refractivity contribution is 0.602. The number of nitrogens with one attached hydrogen (secondary N) is 1. The number of aryl methyl sites for hydroxylation is 1. The van der Waals surface area contributed by atoms with E-state index in [1.54, 1.807) is 48.7 Å². The highest BCUT2D eigenvalue weighted by atomic mass is 32.2. The van der Waals surface area contributed by atoms with Gasteiger partial charge in [0.25, 0.3) is 10.0 Å². The Hall–Kier alpha value is -2.40. The number of sulfonamides is 1. The average Bonchev–Trinajstić information content (AvgIpc) is 2.49. The number of hydrogen-bond donors (Lipinski definition) is 1. The molecule has 0 atom stereocenters. The maximum absolute atomic E-state index is 12.6. The zero-order valence-electron chi connectivity index (χ0n) is 11.4. The van der Waals surface area contributed by atoms with Gasteiger partial charge in [-0.25, -0.2) is 8.42 Å². The third-order valence-corrected chi connectivity index (χ3v) is 4.71. The molecule has 1 heterocycles. The molecule has 3 aromatic rings. The number of benzene rings is 2. The maximum atomic E-state index is 12.6. The molecular weight excluding hydrogens is 284 g/mol. The molecular formula is C16H14N2O2S. The van der Waals surface area contributed by atoms with Gasteiger partial charge >= 0.3 is 0 Å². The third kappa shape index (κ3) is 2.60. The zero-order chi connectivity index (χ0) is 14.9. The van der Waals surface area contributed by atoms with E-state index in [-0.39, 0.29) is 4.90 Å². The molecule has 2 aromatic carbocycles. The van der Waals surface area contributed by atoms with E-state index in [1.807, 2.05) is 19.1 Å². The summed E-state index contributed by atoms with van der Waals surface area (Å²) in [5, 5.41) is 0.612. The van der Waals surface area contributed by atoms with Crippen LogP contribution in [0.15, 0.2) is 65.7 Å². The first-order valence-electron chi connectivity index (χ1n) is 6.50. The molecule has 0 aliphatic carbocycles. The molecule has 1 N–H and O–H groups in total. The van der Waals surface area contributed by atoms with Crippen molar-refractivity contribution >= 4 is 26.6 Å². The number of hydrogen-bond acceptors (Lipinski definition) is 3. The first-order valence-corrected chi connectivity index (χ1v) is 7.98. The van der Waals surface area contributed by atoms with Gasteiger partial charge in [-0.05, 0) is 42.8 Å². The molecule has 0 aliphatic rings. The fourth-order valence-electron chi connectivity index (χ4n) is 2.20. The van der Waals surface area contributed by atoms with E-state index in [1.165, 1.54) is 0 Å². The van der Waals surface area contributed by atoms with E-state index in [4.69, 9.17) is 0 Å². The van der Waals surface area contributed by atoms with Gasteiger partial charge in [0.15, 0.2) is 0 Å². The molecule has 0 radical (unpaired) electrons. The number of rotatable bonds is 3. The van der Waals surface area contributed by atoms with Crippen molar-refractivity contribution in [3.63, 3.8) is 0 Å². The number of para-hydroxylation sites is 1. The van der Waals surface area contributed by atoms with Crippen molar-refractivity contribution in [2.24, 2.45) is 0 Å². The summed E-state index contributed by atoms with van der Waals surface area (Å²) in [4.78, 5) is 4.42. The van der Waals surface area contributed by atoms with Crippen LogP contribution in [0.3, 0.4) is 0 Å². The highest BCUT2D eigenvalue weighted by molar-refractivity contribution is 7.93. The second-order valence-electron chi connectivity index (χ2n) is 4.75. The van der Waals surface area contributed by atoms with Crippen LogP contribution in [0.5, 0.6) is 0 Å². The molecule has 0 amide bonds. The molecule has 0 unspecified atom stereocenters. The fourth-order valence-corrected chi connectivity index (χ4v) is 3.54. The van der Waals surface area contributed by atoms with Crippen LogP contribution in [-0.2, 0) is 10.0 Å². The van der Waals surface area contributed by atoms with Gasteiger partial charge in [0.2, 0.25) is 0 Å². The summed E-state index contributed by atoms with van der Waals surface area (Å²) in [5.41, 5.74) is 2.11. The summed E-state index contributed by atoms with van der Waals surface area (Å²) in [6.07, 6.45) is 1.65. The summed E-state index contributed by atoms with van der Waals surface area (Å²) in [6.45, 7) is 1.86. The molecule has 0 aliphatic heterocycles. The summed E-state index contributed by atoms with van der Waals surface area (Å²) < 4.78 is 27.9. The van der Waals surface area contributed by atoms with Gasteiger partial charge in [-0.1, -0.05) is 24.3 Å². The van der Waals surface area contributed by atoms with E-state index in [9.17, 15) is 8.42 Å². The largest absolute Gasteiger partial charge is 0.279 e. The Balaban J connectivity index is 2.11. The molecule has 5 heteroatoms. The molecule has 21 heavy (non-hydrogen) atoms.